The van der Waals surface area contributed by atoms with Gasteiger partial charge in [-0.15, -0.1) is 11.3 Å². The molecule has 3 aromatic rings. The number of halogens is 2. The van der Waals surface area contributed by atoms with Crippen LogP contribution in [0.3, 0.4) is 0 Å². The number of aliphatic hydroxyl groups is 1. The second kappa shape index (κ2) is 10.2. The van der Waals surface area contributed by atoms with E-state index in [1.165, 1.54) is 31.4 Å². The number of aromatic nitrogens is 2. The summed E-state index contributed by atoms with van der Waals surface area (Å²) in [4.78, 5) is 21.5. The number of anilines is 3. The standard InChI is InChI=1S/C24H29F2N5O2S/c1-24(2,33)21(26)12-28-23(32)17-11-27-22(10-19(17)30-15-5-3-4-14(25)8-15)31-16-6-7-18-20(9-16)34-13-29-18/h6-7,9-11,13-15,21,33H,3-5,8,12H2,1-2H3,(H,28,32)(H2,27,30,31)/t14?,15-,21?/m0/s1. The fourth-order valence-corrected chi connectivity index (χ4v) is 4.63. The maximum Gasteiger partial charge on any atom is 0.255 e. The van der Waals surface area contributed by atoms with Gasteiger partial charge in [0.2, 0.25) is 0 Å². The third-order valence-electron chi connectivity index (χ3n) is 5.93. The zero-order valence-corrected chi connectivity index (χ0v) is 20.0. The Morgan fingerprint density at radius 1 is 1.29 bits per heavy atom. The molecule has 34 heavy (non-hydrogen) atoms. The Kier molecular flexibility index (Phi) is 7.27. The number of hydrogen-bond donors (Lipinski definition) is 4. The lowest BCUT2D eigenvalue weighted by molar-refractivity contribution is -0.00177. The maximum atomic E-state index is 14.1. The lowest BCUT2D eigenvalue weighted by atomic mass is 9.93. The van der Waals surface area contributed by atoms with Gasteiger partial charge in [-0.05, 0) is 57.7 Å². The summed E-state index contributed by atoms with van der Waals surface area (Å²) in [5.74, 6) is -0.0116. The van der Waals surface area contributed by atoms with Gasteiger partial charge in [-0.2, -0.15) is 0 Å². The van der Waals surface area contributed by atoms with Crippen molar-refractivity contribution in [3.05, 3.63) is 41.5 Å². The minimum atomic E-state index is -1.63. The smallest absolute Gasteiger partial charge is 0.255 e. The van der Waals surface area contributed by atoms with E-state index >= 15 is 0 Å². The van der Waals surface area contributed by atoms with E-state index in [9.17, 15) is 18.7 Å². The van der Waals surface area contributed by atoms with E-state index in [0.717, 1.165) is 28.7 Å². The summed E-state index contributed by atoms with van der Waals surface area (Å²) in [5.41, 5.74) is 2.66. The molecule has 7 nitrogen and oxygen atoms in total. The Morgan fingerprint density at radius 2 is 2.12 bits per heavy atom. The Hall–Kier alpha value is -2.85. The molecule has 0 spiro atoms. The number of thiazole rings is 1. The first-order chi connectivity index (χ1) is 16.2. The minimum Gasteiger partial charge on any atom is -0.387 e. The van der Waals surface area contributed by atoms with Crippen molar-refractivity contribution in [3.8, 4) is 0 Å². The van der Waals surface area contributed by atoms with Gasteiger partial charge >= 0.3 is 0 Å². The predicted molar refractivity (Wildman–Crippen MR) is 131 cm³/mol. The Bertz CT molecular complexity index is 1150. The van der Waals surface area contributed by atoms with Crippen LogP contribution in [0.15, 0.2) is 36.0 Å². The van der Waals surface area contributed by atoms with Gasteiger partial charge in [0.25, 0.3) is 5.91 Å². The average molecular weight is 490 g/mol. The van der Waals surface area contributed by atoms with E-state index in [1.54, 1.807) is 11.6 Å². The topological polar surface area (TPSA) is 99.2 Å². The van der Waals surface area contributed by atoms with Gasteiger partial charge in [-0.25, -0.2) is 18.7 Å². The van der Waals surface area contributed by atoms with Crippen molar-refractivity contribution in [2.24, 2.45) is 0 Å². The molecule has 0 saturated heterocycles. The highest BCUT2D eigenvalue weighted by Crippen LogP contribution is 2.29. The molecule has 1 fully saturated rings. The lowest BCUT2D eigenvalue weighted by Gasteiger charge is -2.27. The summed E-state index contributed by atoms with van der Waals surface area (Å²) in [6, 6.07) is 7.36. The lowest BCUT2D eigenvalue weighted by Crippen LogP contribution is -2.42. The first-order valence-corrected chi connectivity index (χ1v) is 12.2. The van der Waals surface area contributed by atoms with Crippen molar-refractivity contribution in [2.45, 2.75) is 63.5 Å². The van der Waals surface area contributed by atoms with Crippen LogP contribution in [0.4, 0.5) is 26.0 Å². The number of carbonyl (C=O) groups excluding carboxylic acids is 1. The molecule has 4 N–H and O–H groups in total. The quantitative estimate of drug-likeness (QED) is 0.357. The molecule has 0 aliphatic heterocycles. The largest absolute Gasteiger partial charge is 0.387 e. The van der Waals surface area contributed by atoms with Crippen LogP contribution in [0.1, 0.15) is 49.9 Å². The SMILES string of the molecule is CC(C)(O)C(F)CNC(=O)c1cnc(Nc2ccc3ncsc3c2)cc1N[C@H]1CCCC(F)C1. The normalized spacial score (nSPS) is 19.6. The second-order valence-electron chi connectivity index (χ2n) is 9.21. The van der Waals surface area contributed by atoms with Gasteiger partial charge in [0.1, 0.15) is 18.2 Å². The van der Waals surface area contributed by atoms with Gasteiger partial charge < -0.3 is 21.1 Å². The van der Waals surface area contributed by atoms with Crippen LogP contribution >= 0.6 is 11.3 Å². The minimum absolute atomic E-state index is 0.121. The fraction of sp³-hybridized carbons (Fsp3) is 0.458. The van der Waals surface area contributed by atoms with E-state index < -0.39 is 23.9 Å². The Balaban J connectivity index is 1.55. The molecule has 1 saturated carbocycles. The van der Waals surface area contributed by atoms with Crippen molar-refractivity contribution in [1.82, 2.24) is 15.3 Å². The van der Waals surface area contributed by atoms with Crippen LogP contribution in [0.2, 0.25) is 0 Å². The molecule has 2 unspecified atom stereocenters. The number of pyridine rings is 1. The number of nitrogens with one attached hydrogen (secondary N) is 3. The average Bonchev–Trinajstić information content (AvgIpc) is 3.25. The fourth-order valence-electron chi connectivity index (χ4n) is 3.91. The first kappa shape index (κ1) is 24.3. The third-order valence-corrected chi connectivity index (χ3v) is 6.72. The number of amides is 1. The number of alkyl halides is 2. The van der Waals surface area contributed by atoms with Crippen molar-refractivity contribution in [3.63, 3.8) is 0 Å². The number of fused-ring (bicyclic) bond motifs is 1. The van der Waals surface area contributed by atoms with Crippen molar-refractivity contribution >= 4 is 44.7 Å². The van der Waals surface area contributed by atoms with Crippen LogP contribution in [-0.2, 0) is 0 Å². The molecule has 1 amide bonds. The Morgan fingerprint density at radius 3 is 2.88 bits per heavy atom. The molecule has 2 aromatic heterocycles. The molecule has 1 aromatic carbocycles. The highest BCUT2D eigenvalue weighted by atomic mass is 32.1. The summed E-state index contributed by atoms with van der Waals surface area (Å²) >= 11 is 1.53. The van der Waals surface area contributed by atoms with Gasteiger partial charge in [0, 0.05) is 24.0 Å². The molecule has 182 valence electrons. The summed E-state index contributed by atoms with van der Waals surface area (Å²) < 4.78 is 29.1. The van der Waals surface area contributed by atoms with Gasteiger partial charge in [0.05, 0.1) is 39.1 Å². The molecule has 4 rings (SSSR count). The van der Waals surface area contributed by atoms with Gasteiger partial charge in [0.15, 0.2) is 0 Å². The predicted octanol–water partition coefficient (Wildman–Crippen LogP) is 4.97. The third kappa shape index (κ3) is 5.98. The van der Waals surface area contributed by atoms with E-state index in [0.29, 0.717) is 24.3 Å². The van der Waals surface area contributed by atoms with E-state index in [-0.39, 0.29) is 18.2 Å². The maximum absolute atomic E-state index is 14.1. The second-order valence-corrected chi connectivity index (χ2v) is 10.1. The highest BCUT2D eigenvalue weighted by Gasteiger charge is 2.28. The zero-order chi connectivity index (χ0) is 24.3. The van der Waals surface area contributed by atoms with Crippen LogP contribution < -0.4 is 16.0 Å². The van der Waals surface area contributed by atoms with Crippen LogP contribution in [0.25, 0.3) is 10.2 Å². The van der Waals surface area contributed by atoms with Gasteiger partial charge in [-0.3, -0.25) is 4.79 Å². The monoisotopic (exact) mass is 489 g/mol. The molecule has 10 heteroatoms. The molecule has 1 aliphatic rings. The summed E-state index contributed by atoms with van der Waals surface area (Å²) in [7, 11) is 0. The molecule has 1 aliphatic carbocycles. The van der Waals surface area contributed by atoms with E-state index in [2.05, 4.69) is 25.9 Å². The number of carbonyl (C=O) groups is 1. The highest BCUT2D eigenvalue weighted by molar-refractivity contribution is 7.16. The van der Waals surface area contributed by atoms with Gasteiger partial charge in [-0.1, -0.05) is 0 Å². The van der Waals surface area contributed by atoms with Crippen molar-refractivity contribution in [1.29, 1.82) is 0 Å². The summed E-state index contributed by atoms with van der Waals surface area (Å²) in [6.07, 6.45) is 1.36. The molecule has 0 radical (unpaired) electrons. The van der Waals surface area contributed by atoms with E-state index in [4.69, 9.17) is 0 Å². The van der Waals surface area contributed by atoms with Crippen molar-refractivity contribution in [2.75, 3.05) is 17.2 Å². The first-order valence-electron chi connectivity index (χ1n) is 11.3. The number of nitrogens with zero attached hydrogens (tertiary/aromatic N) is 2. The number of hydrogen-bond acceptors (Lipinski definition) is 7. The molecular formula is C24H29F2N5O2S. The van der Waals surface area contributed by atoms with Crippen molar-refractivity contribution < 1.29 is 18.7 Å². The molecule has 0 bridgehead atoms. The molecular weight excluding hydrogens is 460 g/mol. The summed E-state index contributed by atoms with van der Waals surface area (Å²) in [6.45, 7) is 2.35. The zero-order valence-electron chi connectivity index (χ0n) is 19.1. The van der Waals surface area contributed by atoms with Crippen LogP contribution in [0.5, 0.6) is 0 Å². The number of rotatable bonds is 8. The van der Waals surface area contributed by atoms with Crippen LogP contribution in [-0.4, -0.2) is 51.5 Å². The van der Waals surface area contributed by atoms with E-state index in [1.807, 2.05) is 18.2 Å². The summed E-state index contributed by atoms with van der Waals surface area (Å²) in [5, 5.41) is 18.9. The van der Waals surface area contributed by atoms with Crippen LogP contribution in [0, 0.1) is 0 Å². The molecule has 3 atom stereocenters. The number of benzene rings is 1. The Labute approximate surface area is 201 Å². The molecule has 2 heterocycles.